The predicted octanol–water partition coefficient (Wildman–Crippen LogP) is 2.89. The number of ether oxygens (including phenoxy) is 2. The fraction of sp³-hybridized carbons (Fsp3) is 0.312. The minimum absolute atomic E-state index is 0.266. The van der Waals surface area contributed by atoms with Crippen molar-refractivity contribution < 1.29 is 14.3 Å². The summed E-state index contributed by atoms with van der Waals surface area (Å²) in [5.41, 5.74) is 6.98. The molecule has 0 fully saturated rings. The van der Waals surface area contributed by atoms with E-state index in [9.17, 15) is 4.79 Å². The number of rotatable bonds is 5. The van der Waals surface area contributed by atoms with E-state index in [1.54, 1.807) is 6.08 Å². The van der Waals surface area contributed by atoms with Gasteiger partial charge in [-0.2, -0.15) is 0 Å². The van der Waals surface area contributed by atoms with Crippen LogP contribution in [0.3, 0.4) is 0 Å². The van der Waals surface area contributed by atoms with Crippen molar-refractivity contribution in [1.82, 2.24) is 0 Å². The molecule has 0 radical (unpaired) electrons. The van der Waals surface area contributed by atoms with Crippen LogP contribution < -0.4 is 15.2 Å². The summed E-state index contributed by atoms with van der Waals surface area (Å²) >= 11 is 0. The molecule has 4 heteroatoms. The van der Waals surface area contributed by atoms with Gasteiger partial charge in [-0.05, 0) is 30.0 Å². The molecule has 0 aromatic heterocycles. The third kappa shape index (κ3) is 3.63. The Kier molecular flexibility index (Phi) is 4.45. The zero-order valence-electron chi connectivity index (χ0n) is 11.8. The second-order valence-corrected chi connectivity index (χ2v) is 5.13. The highest BCUT2D eigenvalue weighted by molar-refractivity contribution is 5.92. The molecule has 1 aromatic carbocycles. The quantitative estimate of drug-likeness (QED) is 0.663. The SMILES string of the molecule is CC(C)CC(=CC=Cc1ccc2c(c1)OCO2)C(N)=O. The number of hydrogen-bond acceptors (Lipinski definition) is 3. The van der Waals surface area contributed by atoms with E-state index in [0.717, 1.165) is 17.1 Å². The van der Waals surface area contributed by atoms with Crippen LogP contribution in [0.25, 0.3) is 6.08 Å². The van der Waals surface area contributed by atoms with Crippen molar-refractivity contribution in [1.29, 1.82) is 0 Å². The molecule has 1 aliphatic rings. The lowest BCUT2D eigenvalue weighted by atomic mass is 10.0. The van der Waals surface area contributed by atoms with Crippen LogP contribution in [0.4, 0.5) is 0 Å². The first-order chi connectivity index (χ1) is 9.56. The van der Waals surface area contributed by atoms with Gasteiger partial charge >= 0.3 is 0 Å². The lowest BCUT2D eigenvalue weighted by Gasteiger charge is -2.05. The van der Waals surface area contributed by atoms with Gasteiger partial charge in [0.2, 0.25) is 12.7 Å². The monoisotopic (exact) mass is 273 g/mol. The third-order valence-corrected chi connectivity index (χ3v) is 2.93. The van der Waals surface area contributed by atoms with Crippen molar-refractivity contribution in [2.24, 2.45) is 11.7 Å². The Balaban J connectivity index is 2.10. The number of nitrogens with two attached hydrogens (primary N) is 1. The first-order valence-corrected chi connectivity index (χ1v) is 6.63. The fourth-order valence-electron chi connectivity index (χ4n) is 1.98. The molecule has 0 atom stereocenters. The summed E-state index contributed by atoms with van der Waals surface area (Å²) in [6.45, 7) is 4.37. The molecule has 0 unspecified atom stereocenters. The number of hydrogen-bond donors (Lipinski definition) is 1. The topological polar surface area (TPSA) is 61.6 Å². The van der Waals surface area contributed by atoms with Crippen LogP contribution in [0.1, 0.15) is 25.8 Å². The molecule has 4 nitrogen and oxygen atoms in total. The third-order valence-electron chi connectivity index (χ3n) is 2.93. The van der Waals surface area contributed by atoms with Gasteiger partial charge in [-0.25, -0.2) is 0 Å². The van der Waals surface area contributed by atoms with E-state index in [4.69, 9.17) is 15.2 Å². The molecule has 0 bridgehead atoms. The zero-order chi connectivity index (χ0) is 14.5. The molecule has 20 heavy (non-hydrogen) atoms. The Hall–Kier alpha value is -2.23. The average Bonchev–Trinajstić information content (AvgIpc) is 2.84. The van der Waals surface area contributed by atoms with Crippen molar-refractivity contribution in [2.45, 2.75) is 20.3 Å². The molecule has 1 aliphatic heterocycles. The highest BCUT2D eigenvalue weighted by Crippen LogP contribution is 2.32. The van der Waals surface area contributed by atoms with E-state index in [2.05, 4.69) is 13.8 Å². The first kappa shape index (κ1) is 14.2. The summed E-state index contributed by atoms with van der Waals surface area (Å²) < 4.78 is 10.6. The Morgan fingerprint density at radius 1 is 1.35 bits per heavy atom. The average molecular weight is 273 g/mol. The number of primary amides is 1. The van der Waals surface area contributed by atoms with Gasteiger partial charge in [-0.1, -0.05) is 38.1 Å². The molecule has 0 saturated carbocycles. The minimum Gasteiger partial charge on any atom is -0.454 e. The predicted molar refractivity (Wildman–Crippen MR) is 78.3 cm³/mol. The van der Waals surface area contributed by atoms with Gasteiger partial charge < -0.3 is 15.2 Å². The van der Waals surface area contributed by atoms with Gasteiger partial charge in [-0.15, -0.1) is 0 Å². The van der Waals surface area contributed by atoms with Crippen molar-refractivity contribution in [3.05, 3.63) is 41.5 Å². The van der Waals surface area contributed by atoms with Crippen LogP contribution in [0.5, 0.6) is 11.5 Å². The van der Waals surface area contributed by atoms with Gasteiger partial charge in [0.05, 0.1) is 0 Å². The van der Waals surface area contributed by atoms with Crippen LogP contribution >= 0.6 is 0 Å². The number of carbonyl (C=O) groups is 1. The van der Waals surface area contributed by atoms with E-state index in [-0.39, 0.29) is 12.7 Å². The molecule has 1 aromatic rings. The standard InChI is InChI=1S/C16H19NO3/c1-11(2)8-13(16(17)18)5-3-4-12-6-7-14-15(9-12)20-10-19-14/h3-7,9,11H,8,10H2,1-2H3,(H2,17,18). The number of allylic oxidation sites excluding steroid dienone is 2. The molecule has 0 spiro atoms. The number of benzene rings is 1. The van der Waals surface area contributed by atoms with Crippen molar-refractivity contribution in [3.63, 3.8) is 0 Å². The van der Waals surface area contributed by atoms with Crippen LogP contribution in [-0.2, 0) is 4.79 Å². The summed E-state index contributed by atoms with van der Waals surface area (Å²) in [7, 11) is 0. The lowest BCUT2D eigenvalue weighted by Crippen LogP contribution is -2.15. The molecule has 1 amide bonds. The summed E-state index contributed by atoms with van der Waals surface area (Å²) in [5, 5.41) is 0. The van der Waals surface area contributed by atoms with Crippen LogP contribution in [-0.4, -0.2) is 12.7 Å². The van der Waals surface area contributed by atoms with Crippen LogP contribution in [0, 0.1) is 5.92 Å². The highest BCUT2D eigenvalue weighted by atomic mass is 16.7. The van der Waals surface area contributed by atoms with Gasteiger partial charge in [0.1, 0.15) is 0 Å². The van der Waals surface area contributed by atoms with Crippen LogP contribution in [0.15, 0.2) is 35.9 Å². The normalized spacial score (nSPS) is 14.2. The maximum atomic E-state index is 11.3. The molecule has 0 aliphatic carbocycles. The first-order valence-electron chi connectivity index (χ1n) is 6.63. The second kappa shape index (κ2) is 6.28. The van der Waals surface area contributed by atoms with Crippen LogP contribution in [0.2, 0.25) is 0 Å². The Bertz CT molecular complexity index is 559. The second-order valence-electron chi connectivity index (χ2n) is 5.13. The number of amides is 1. The Labute approximate surface area is 118 Å². The summed E-state index contributed by atoms with van der Waals surface area (Å²) in [5.74, 6) is 1.53. The summed E-state index contributed by atoms with van der Waals surface area (Å²) in [6, 6.07) is 5.71. The van der Waals surface area contributed by atoms with E-state index in [0.29, 0.717) is 17.9 Å². The minimum atomic E-state index is -0.367. The molecule has 106 valence electrons. The van der Waals surface area contributed by atoms with Crippen molar-refractivity contribution in [3.8, 4) is 11.5 Å². The van der Waals surface area contributed by atoms with Crippen molar-refractivity contribution >= 4 is 12.0 Å². The fourth-order valence-corrected chi connectivity index (χ4v) is 1.98. The Morgan fingerprint density at radius 3 is 2.80 bits per heavy atom. The summed E-state index contributed by atoms with van der Waals surface area (Å²) in [6.07, 6.45) is 6.19. The maximum Gasteiger partial charge on any atom is 0.244 e. The van der Waals surface area contributed by atoms with Crippen molar-refractivity contribution in [2.75, 3.05) is 6.79 Å². The van der Waals surface area contributed by atoms with Gasteiger partial charge in [-0.3, -0.25) is 4.79 Å². The largest absolute Gasteiger partial charge is 0.454 e. The Morgan fingerprint density at radius 2 is 2.10 bits per heavy atom. The molecular weight excluding hydrogens is 254 g/mol. The molecule has 2 N–H and O–H groups in total. The van der Waals surface area contributed by atoms with E-state index >= 15 is 0 Å². The molecule has 2 rings (SSSR count). The van der Waals surface area contributed by atoms with E-state index in [1.165, 1.54) is 0 Å². The maximum absolute atomic E-state index is 11.3. The number of carbonyl (C=O) groups excluding carboxylic acids is 1. The smallest absolute Gasteiger partial charge is 0.244 e. The molecule has 1 heterocycles. The van der Waals surface area contributed by atoms with Gasteiger partial charge in [0.25, 0.3) is 0 Å². The van der Waals surface area contributed by atoms with Gasteiger partial charge in [0, 0.05) is 5.57 Å². The molecular formula is C16H19NO3. The lowest BCUT2D eigenvalue weighted by molar-refractivity contribution is -0.114. The van der Waals surface area contributed by atoms with E-state index < -0.39 is 0 Å². The van der Waals surface area contributed by atoms with Gasteiger partial charge in [0.15, 0.2) is 11.5 Å². The zero-order valence-corrected chi connectivity index (χ0v) is 11.8. The van der Waals surface area contributed by atoms with E-state index in [1.807, 2.05) is 30.4 Å². The molecule has 0 saturated heterocycles. The summed E-state index contributed by atoms with van der Waals surface area (Å²) in [4.78, 5) is 11.3. The highest BCUT2D eigenvalue weighted by Gasteiger charge is 2.12. The number of fused-ring (bicyclic) bond motifs is 1.